The first-order valence-corrected chi connectivity index (χ1v) is 11.6. The molecule has 0 aromatic carbocycles. The van der Waals surface area contributed by atoms with Crippen LogP contribution in [-0.4, -0.2) is 46.1 Å². The highest BCUT2D eigenvalue weighted by atomic mass is 16.7. The fourth-order valence-corrected chi connectivity index (χ4v) is 6.56. The van der Waals surface area contributed by atoms with Gasteiger partial charge in [-0.25, -0.2) is 14.8 Å². The van der Waals surface area contributed by atoms with Crippen molar-refractivity contribution in [1.82, 2.24) is 20.6 Å². The van der Waals surface area contributed by atoms with E-state index < -0.39 is 11.7 Å². The smallest absolute Gasteiger partial charge is 0.437 e. The van der Waals surface area contributed by atoms with Gasteiger partial charge in [-0.15, -0.1) is 0 Å². The van der Waals surface area contributed by atoms with E-state index in [1.807, 2.05) is 19.1 Å². The van der Waals surface area contributed by atoms with Gasteiger partial charge in [0, 0.05) is 22.8 Å². The molecule has 9 nitrogen and oxygen atoms in total. The second-order valence-corrected chi connectivity index (χ2v) is 10.0. The molecule has 0 aliphatic heterocycles. The van der Waals surface area contributed by atoms with Crippen LogP contribution < -0.4 is 15.4 Å². The number of carbonyl (C=O) groups excluding carboxylic acids is 3. The van der Waals surface area contributed by atoms with Gasteiger partial charge in [0.25, 0.3) is 11.8 Å². The standard InChI is InChI=1S/C25H28N4O5/c1-15-5-3-6-18(26-15)21(30)28-24-10-16-9-17(11-24)13-25(12-16,14-24)29-22(31)19-7-4-8-20(27-19)34-23(32)33-2/h3-8,16-17H,9-14H2,1-2H3,(H,28,30)(H,29,31). The minimum atomic E-state index is -0.896. The number of rotatable bonds is 5. The summed E-state index contributed by atoms with van der Waals surface area (Å²) in [6.07, 6.45) is 4.50. The molecule has 178 valence electrons. The van der Waals surface area contributed by atoms with E-state index in [1.54, 1.807) is 18.2 Å². The SMILES string of the molecule is COC(=O)Oc1cccc(C(=O)NC23CC4CC(CC(NC(=O)c5cccc(C)n5)(C4)C2)C3)n1. The summed E-state index contributed by atoms with van der Waals surface area (Å²) in [5.74, 6) is 0.392. The average molecular weight is 465 g/mol. The molecule has 2 unspecified atom stereocenters. The number of pyridine rings is 2. The Kier molecular flexibility index (Phi) is 5.50. The molecule has 4 bridgehead atoms. The van der Waals surface area contributed by atoms with Gasteiger partial charge in [-0.2, -0.15) is 0 Å². The van der Waals surface area contributed by atoms with Crippen molar-refractivity contribution in [2.75, 3.05) is 7.11 Å². The number of nitrogens with one attached hydrogen (secondary N) is 2. The van der Waals surface area contributed by atoms with Gasteiger partial charge in [0.2, 0.25) is 5.88 Å². The van der Waals surface area contributed by atoms with Crippen molar-refractivity contribution in [3.63, 3.8) is 0 Å². The second-order valence-electron chi connectivity index (χ2n) is 10.0. The van der Waals surface area contributed by atoms with E-state index >= 15 is 0 Å². The predicted molar refractivity (Wildman–Crippen MR) is 121 cm³/mol. The van der Waals surface area contributed by atoms with Crippen molar-refractivity contribution in [1.29, 1.82) is 0 Å². The van der Waals surface area contributed by atoms with Crippen molar-refractivity contribution in [3.8, 4) is 5.88 Å². The van der Waals surface area contributed by atoms with Gasteiger partial charge in [-0.3, -0.25) is 9.59 Å². The minimum absolute atomic E-state index is 0.000555. The molecule has 9 heteroatoms. The Morgan fingerprint density at radius 3 is 2.00 bits per heavy atom. The van der Waals surface area contributed by atoms with Crippen LogP contribution in [-0.2, 0) is 4.74 Å². The van der Waals surface area contributed by atoms with E-state index in [4.69, 9.17) is 4.74 Å². The lowest BCUT2D eigenvalue weighted by molar-refractivity contribution is -0.0449. The minimum Gasteiger partial charge on any atom is -0.437 e. The first-order valence-electron chi connectivity index (χ1n) is 11.6. The van der Waals surface area contributed by atoms with Gasteiger partial charge < -0.3 is 20.1 Å². The summed E-state index contributed by atoms with van der Waals surface area (Å²) in [5.41, 5.74) is 0.617. The van der Waals surface area contributed by atoms with Crippen LogP contribution in [0.4, 0.5) is 4.79 Å². The molecule has 34 heavy (non-hydrogen) atoms. The number of hydrogen-bond donors (Lipinski definition) is 2. The molecule has 4 aliphatic rings. The Labute approximate surface area is 197 Å². The number of hydrogen-bond acceptors (Lipinski definition) is 7. The summed E-state index contributed by atoms with van der Waals surface area (Å²) in [6, 6.07) is 10.1. The van der Waals surface area contributed by atoms with Crippen molar-refractivity contribution in [2.45, 2.75) is 56.5 Å². The van der Waals surface area contributed by atoms with Crippen LogP contribution in [0.3, 0.4) is 0 Å². The maximum atomic E-state index is 13.2. The molecule has 2 amide bonds. The Morgan fingerprint density at radius 1 is 0.882 bits per heavy atom. The van der Waals surface area contributed by atoms with Crippen molar-refractivity contribution in [3.05, 3.63) is 53.5 Å². The van der Waals surface area contributed by atoms with Crippen molar-refractivity contribution in [2.24, 2.45) is 11.8 Å². The Hall–Kier alpha value is -3.49. The van der Waals surface area contributed by atoms with Gasteiger partial charge in [0.05, 0.1) is 7.11 Å². The number of amides is 2. The molecule has 2 atom stereocenters. The summed E-state index contributed by atoms with van der Waals surface area (Å²) in [7, 11) is 1.20. The zero-order valence-corrected chi connectivity index (χ0v) is 19.3. The Balaban J connectivity index is 1.34. The van der Waals surface area contributed by atoms with Gasteiger partial charge in [-0.05, 0) is 75.5 Å². The van der Waals surface area contributed by atoms with Gasteiger partial charge >= 0.3 is 6.16 Å². The molecule has 4 aliphatic carbocycles. The maximum Gasteiger partial charge on any atom is 0.514 e. The normalized spacial score (nSPS) is 28.8. The van der Waals surface area contributed by atoms with Crippen LogP contribution in [0, 0.1) is 18.8 Å². The second kappa shape index (κ2) is 8.38. The fourth-order valence-electron chi connectivity index (χ4n) is 6.56. The molecular formula is C25H28N4O5. The molecule has 0 spiro atoms. The largest absolute Gasteiger partial charge is 0.514 e. The lowest BCUT2D eigenvalue weighted by atomic mass is 9.49. The van der Waals surface area contributed by atoms with Crippen LogP contribution in [0.2, 0.25) is 0 Å². The zero-order valence-electron chi connectivity index (χ0n) is 19.3. The molecule has 4 fully saturated rings. The monoisotopic (exact) mass is 464 g/mol. The van der Waals surface area contributed by atoms with Crippen molar-refractivity contribution >= 4 is 18.0 Å². The molecule has 6 rings (SSSR count). The van der Waals surface area contributed by atoms with Crippen LogP contribution in [0.15, 0.2) is 36.4 Å². The van der Waals surface area contributed by atoms with E-state index in [2.05, 4.69) is 25.3 Å². The third kappa shape index (κ3) is 4.34. The third-order valence-corrected chi connectivity index (χ3v) is 7.25. The van der Waals surface area contributed by atoms with E-state index in [0.29, 0.717) is 24.0 Å². The van der Waals surface area contributed by atoms with Gasteiger partial charge in [0.1, 0.15) is 11.4 Å². The maximum absolute atomic E-state index is 13.2. The van der Waals surface area contributed by atoms with E-state index in [1.165, 1.54) is 13.2 Å². The zero-order chi connectivity index (χ0) is 23.9. The highest BCUT2D eigenvalue weighted by molar-refractivity contribution is 5.94. The van der Waals surface area contributed by atoms with Crippen LogP contribution in [0.25, 0.3) is 0 Å². The topological polar surface area (TPSA) is 120 Å². The van der Waals surface area contributed by atoms with Crippen LogP contribution >= 0.6 is 0 Å². The van der Waals surface area contributed by atoms with Crippen LogP contribution in [0.1, 0.15) is 65.2 Å². The lowest BCUT2D eigenvalue weighted by Crippen LogP contribution is -2.70. The van der Waals surface area contributed by atoms with E-state index in [0.717, 1.165) is 37.8 Å². The number of methoxy groups -OCH3 is 1. The number of ether oxygens (including phenoxy) is 2. The summed E-state index contributed by atoms with van der Waals surface area (Å²) < 4.78 is 9.44. The first kappa shape index (κ1) is 22.3. The summed E-state index contributed by atoms with van der Waals surface area (Å²) in [6.45, 7) is 1.87. The highest BCUT2D eigenvalue weighted by Crippen LogP contribution is 2.57. The summed E-state index contributed by atoms with van der Waals surface area (Å²) >= 11 is 0. The van der Waals surface area contributed by atoms with E-state index in [-0.39, 0.29) is 28.9 Å². The molecule has 0 saturated heterocycles. The Morgan fingerprint density at radius 2 is 1.44 bits per heavy atom. The molecule has 0 radical (unpaired) electrons. The number of aryl methyl sites for hydroxylation is 1. The van der Waals surface area contributed by atoms with Gasteiger partial charge in [0.15, 0.2) is 0 Å². The molecule has 2 N–H and O–H groups in total. The van der Waals surface area contributed by atoms with Crippen molar-refractivity contribution < 1.29 is 23.9 Å². The Bertz CT molecular complexity index is 1140. The number of nitrogens with zero attached hydrogens (tertiary/aromatic N) is 2. The number of carbonyl (C=O) groups is 3. The molecule has 2 aromatic heterocycles. The molecule has 2 heterocycles. The first-order chi connectivity index (χ1) is 16.3. The molecule has 2 aromatic rings. The van der Waals surface area contributed by atoms with E-state index in [9.17, 15) is 14.4 Å². The number of aromatic nitrogens is 2. The predicted octanol–water partition coefficient (Wildman–Crippen LogP) is 3.18. The van der Waals surface area contributed by atoms with Gasteiger partial charge in [-0.1, -0.05) is 12.1 Å². The highest BCUT2D eigenvalue weighted by Gasteiger charge is 2.58. The fraction of sp³-hybridized carbons (Fsp3) is 0.480. The third-order valence-electron chi connectivity index (χ3n) is 7.25. The summed E-state index contributed by atoms with van der Waals surface area (Å²) in [5, 5.41) is 6.55. The molecular weight excluding hydrogens is 436 g/mol. The van der Waals surface area contributed by atoms with Crippen LogP contribution in [0.5, 0.6) is 5.88 Å². The summed E-state index contributed by atoms with van der Waals surface area (Å²) in [4.78, 5) is 46.2. The quantitative estimate of drug-likeness (QED) is 0.652. The lowest BCUT2D eigenvalue weighted by Gasteiger charge is -2.62. The average Bonchev–Trinajstić information content (AvgIpc) is 2.77. The molecule has 4 saturated carbocycles.